The van der Waals surface area contributed by atoms with E-state index in [1.54, 1.807) is 12.4 Å². The van der Waals surface area contributed by atoms with Crippen molar-refractivity contribution in [1.82, 2.24) is 15.0 Å². The summed E-state index contributed by atoms with van der Waals surface area (Å²) in [6, 6.07) is 5.65. The number of rotatable bonds is 2. The average molecular weight is 201 g/mol. The smallest absolute Gasteiger partial charge is 0.154 e. The number of aryl methyl sites for hydroxylation is 1. The van der Waals surface area contributed by atoms with Crippen LogP contribution in [0.15, 0.2) is 30.6 Å². The molecule has 0 aromatic carbocycles. The van der Waals surface area contributed by atoms with Crippen LogP contribution in [0, 0.1) is 6.92 Å². The molecule has 76 valence electrons. The Bertz CT molecular complexity index is 457. The Morgan fingerprint density at radius 1 is 1.33 bits per heavy atom. The summed E-state index contributed by atoms with van der Waals surface area (Å²) in [6.07, 6.45) is 3.45. The Balaban J connectivity index is 2.49. The Hall–Kier alpha value is -1.81. The standard InChI is InChI=1S/C11H11N3O/c1-8-5-10(14-11(7-15)13-8)9-3-2-4-12-6-9/h2-6,15H,7H2,1H3. The van der Waals surface area contributed by atoms with Crippen LogP contribution in [0.25, 0.3) is 11.3 Å². The molecule has 0 bridgehead atoms. The monoisotopic (exact) mass is 201 g/mol. The van der Waals surface area contributed by atoms with Crippen LogP contribution in [0.3, 0.4) is 0 Å². The van der Waals surface area contributed by atoms with Gasteiger partial charge in [0, 0.05) is 23.7 Å². The fraction of sp³-hybridized carbons (Fsp3) is 0.182. The molecular weight excluding hydrogens is 190 g/mol. The zero-order valence-corrected chi connectivity index (χ0v) is 8.38. The van der Waals surface area contributed by atoms with Crippen LogP contribution in [0.4, 0.5) is 0 Å². The van der Waals surface area contributed by atoms with Gasteiger partial charge in [0.05, 0.1) is 5.69 Å². The van der Waals surface area contributed by atoms with E-state index >= 15 is 0 Å². The van der Waals surface area contributed by atoms with E-state index in [-0.39, 0.29) is 6.61 Å². The Kier molecular flexibility index (Phi) is 2.69. The van der Waals surface area contributed by atoms with Gasteiger partial charge in [-0.05, 0) is 25.1 Å². The second kappa shape index (κ2) is 4.14. The predicted molar refractivity (Wildman–Crippen MR) is 55.9 cm³/mol. The maximum Gasteiger partial charge on any atom is 0.154 e. The number of hydrogen-bond acceptors (Lipinski definition) is 4. The van der Waals surface area contributed by atoms with E-state index in [2.05, 4.69) is 15.0 Å². The highest BCUT2D eigenvalue weighted by Crippen LogP contribution is 2.15. The van der Waals surface area contributed by atoms with Gasteiger partial charge < -0.3 is 5.11 Å². The molecule has 2 heterocycles. The molecule has 0 saturated carbocycles. The molecule has 0 saturated heterocycles. The van der Waals surface area contributed by atoms with Gasteiger partial charge in [-0.2, -0.15) is 0 Å². The fourth-order valence-electron chi connectivity index (χ4n) is 1.36. The molecular formula is C11H11N3O. The summed E-state index contributed by atoms with van der Waals surface area (Å²) in [5.74, 6) is 0.439. The van der Waals surface area contributed by atoms with Crippen LogP contribution < -0.4 is 0 Å². The van der Waals surface area contributed by atoms with Crippen molar-refractivity contribution in [3.05, 3.63) is 42.1 Å². The van der Waals surface area contributed by atoms with E-state index in [9.17, 15) is 0 Å². The third kappa shape index (κ3) is 2.16. The number of aromatic nitrogens is 3. The van der Waals surface area contributed by atoms with Crippen LogP contribution in [-0.4, -0.2) is 20.1 Å². The molecule has 4 nitrogen and oxygen atoms in total. The first kappa shape index (κ1) is 9.73. The van der Waals surface area contributed by atoms with Gasteiger partial charge in [-0.1, -0.05) is 0 Å². The molecule has 1 N–H and O–H groups in total. The number of hydrogen-bond donors (Lipinski definition) is 1. The van der Waals surface area contributed by atoms with Gasteiger partial charge in [0.2, 0.25) is 0 Å². The van der Waals surface area contributed by atoms with Crippen molar-refractivity contribution in [1.29, 1.82) is 0 Å². The summed E-state index contributed by atoms with van der Waals surface area (Å²) in [7, 11) is 0. The topological polar surface area (TPSA) is 58.9 Å². The van der Waals surface area contributed by atoms with Crippen molar-refractivity contribution in [3.8, 4) is 11.3 Å². The molecule has 0 spiro atoms. The third-order valence-corrected chi connectivity index (χ3v) is 2.00. The molecule has 2 aromatic heterocycles. The molecule has 0 aliphatic rings. The van der Waals surface area contributed by atoms with E-state index in [0.29, 0.717) is 5.82 Å². The molecule has 0 radical (unpaired) electrons. The highest BCUT2D eigenvalue weighted by atomic mass is 16.3. The van der Waals surface area contributed by atoms with Crippen LogP contribution >= 0.6 is 0 Å². The lowest BCUT2D eigenvalue weighted by molar-refractivity contribution is 0.271. The minimum absolute atomic E-state index is 0.144. The number of aliphatic hydroxyl groups is 1. The maximum atomic E-state index is 8.99. The summed E-state index contributed by atoms with van der Waals surface area (Å²) in [6.45, 7) is 1.73. The van der Waals surface area contributed by atoms with Crippen LogP contribution in [0.5, 0.6) is 0 Å². The minimum atomic E-state index is -0.144. The highest BCUT2D eigenvalue weighted by molar-refractivity contribution is 5.57. The molecule has 2 rings (SSSR count). The molecule has 2 aromatic rings. The first-order chi connectivity index (χ1) is 7.29. The zero-order chi connectivity index (χ0) is 10.7. The number of nitrogens with zero attached hydrogens (tertiary/aromatic N) is 3. The number of pyridine rings is 1. The minimum Gasteiger partial charge on any atom is -0.388 e. The first-order valence-electron chi connectivity index (χ1n) is 4.65. The van der Waals surface area contributed by atoms with Crippen LogP contribution in [-0.2, 0) is 6.61 Å². The lowest BCUT2D eigenvalue weighted by Gasteiger charge is -2.03. The quantitative estimate of drug-likeness (QED) is 0.796. The van der Waals surface area contributed by atoms with Crippen LogP contribution in [0.1, 0.15) is 11.5 Å². The van der Waals surface area contributed by atoms with Crippen molar-refractivity contribution >= 4 is 0 Å². The highest BCUT2D eigenvalue weighted by Gasteiger charge is 2.03. The normalized spacial score (nSPS) is 10.3. The van der Waals surface area contributed by atoms with E-state index in [4.69, 9.17) is 5.11 Å². The second-order valence-electron chi connectivity index (χ2n) is 3.21. The molecule has 0 atom stereocenters. The average Bonchev–Trinajstić information content (AvgIpc) is 2.29. The van der Waals surface area contributed by atoms with Gasteiger partial charge in [0.15, 0.2) is 5.82 Å². The van der Waals surface area contributed by atoms with Crippen LogP contribution in [0.2, 0.25) is 0 Å². The Morgan fingerprint density at radius 3 is 2.87 bits per heavy atom. The Morgan fingerprint density at radius 2 is 2.20 bits per heavy atom. The molecule has 0 aliphatic heterocycles. The summed E-state index contributed by atoms with van der Waals surface area (Å²) in [4.78, 5) is 12.3. The van der Waals surface area contributed by atoms with Crippen molar-refractivity contribution in [2.75, 3.05) is 0 Å². The van der Waals surface area contributed by atoms with E-state index in [0.717, 1.165) is 17.0 Å². The fourth-order valence-corrected chi connectivity index (χ4v) is 1.36. The van der Waals surface area contributed by atoms with E-state index < -0.39 is 0 Å². The molecule has 15 heavy (non-hydrogen) atoms. The lowest BCUT2D eigenvalue weighted by atomic mass is 10.2. The molecule has 0 fully saturated rings. The Labute approximate surface area is 87.7 Å². The molecule has 4 heteroatoms. The molecule has 0 aliphatic carbocycles. The van der Waals surface area contributed by atoms with Gasteiger partial charge >= 0.3 is 0 Å². The summed E-state index contributed by atoms with van der Waals surface area (Å²) in [5, 5.41) is 8.99. The SMILES string of the molecule is Cc1cc(-c2cccnc2)nc(CO)n1. The summed E-state index contributed by atoms with van der Waals surface area (Å²) < 4.78 is 0. The van der Waals surface area contributed by atoms with E-state index in [1.165, 1.54) is 0 Å². The molecule has 0 amide bonds. The van der Waals surface area contributed by atoms with Gasteiger partial charge in [-0.3, -0.25) is 4.98 Å². The first-order valence-corrected chi connectivity index (χ1v) is 4.65. The van der Waals surface area contributed by atoms with E-state index in [1.807, 2.05) is 25.1 Å². The molecule has 0 unspecified atom stereocenters. The second-order valence-corrected chi connectivity index (χ2v) is 3.21. The van der Waals surface area contributed by atoms with Crippen molar-refractivity contribution in [2.45, 2.75) is 13.5 Å². The van der Waals surface area contributed by atoms with Gasteiger partial charge in [0.25, 0.3) is 0 Å². The lowest BCUT2D eigenvalue weighted by Crippen LogP contribution is -1.98. The number of aliphatic hydroxyl groups excluding tert-OH is 1. The van der Waals surface area contributed by atoms with Gasteiger partial charge in [-0.25, -0.2) is 9.97 Å². The van der Waals surface area contributed by atoms with Crippen molar-refractivity contribution in [3.63, 3.8) is 0 Å². The zero-order valence-electron chi connectivity index (χ0n) is 8.38. The summed E-state index contributed by atoms with van der Waals surface area (Å²) >= 11 is 0. The largest absolute Gasteiger partial charge is 0.388 e. The maximum absolute atomic E-state index is 8.99. The predicted octanol–water partition coefficient (Wildman–Crippen LogP) is 1.34. The van der Waals surface area contributed by atoms with Crippen molar-refractivity contribution < 1.29 is 5.11 Å². The van der Waals surface area contributed by atoms with Gasteiger partial charge in [-0.15, -0.1) is 0 Å². The third-order valence-electron chi connectivity index (χ3n) is 2.00. The summed E-state index contributed by atoms with van der Waals surface area (Å²) in [5.41, 5.74) is 2.56. The van der Waals surface area contributed by atoms with Crippen molar-refractivity contribution in [2.24, 2.45) is 0 Å². The van der Waals surface area contributed by atoms with Gasteiger partial charge in [0.1, 0.15) is 6.61 Å².